The van der Waals surface area contributed by atoms with Crippen molar-refractivity contribution in [2.75, 3.05) is 19.7 Å². The molecule has 0 unspecified atom stereocenters. The van der Waals surface area contributed by atoms with Crippen LogP contribution in [-0.4, -0.2) is 42.5 Å². The Kier molecular flexibility index (Phi) is 4.85. The maximum atomic E-state index is 12.1. The summed E-state index contributed by atoms with van der Waals surface area (Å²) in [6.45, 7) is 1.92. The summed E-state index contributed by atoms with van der Waals surface area (Å²) in [6.07, 6.45) is 2.81. The van der Waals surface area contributed by atoms with Crippen LogP contribution in [0.5, 0.6) is 0 Å². The molecule has 1 aromatic heterocycles. The molecule has 0 aliphatic heterocycles. The van der Waals surface area contributed by atoms with E-state index >= 15 is 0 Å². The standard InChI is InChI=1S/C9H13BrN2O3S/c1-2-12(3-4-13)16(14,15)9-5-8(10)6-11-7-9/h5-7,13H,2-4H2,1H3. The summed E-state index contributed by atoms with van der Waals surface area (Å²) in [4.78, 5) is 3.93. The van der Waals surface area contributed by atoms with Gasteiger partial charge in [-0.25, -0.2) is 8.42 Å². The van der Waals surface area contributed by atoms with E-state index in [1.165, 1.54) is 22.8 Å². The number of pyridine rings is 1. The van der Waals surface area contributed by atoms with E-state index in [1.807, 2.05) is 0 Å². The Morgan fingerprint density at radius 3 is 2.69 bits per heavy atom. The molecule has 1 heterocycles. The van der Waals surface area contributed by atoms with E-state index < -0.39 is 10.0 Å². The minimum atomic E-state index is -3.55. The third-order valence-electron chi connectivity index (χ3n) is 2.02. The highest BCUT2D eigenvalue weighted by molar-refractivity contribution is 9.10. The van der Waals surface area contributed by atoms with Gasteiger partial charge in [0.15, 0.2) is 0 Å². The van der Waals surface area contributed by atoms with Crippen LogP contribution in [0.15, 0.2) is 27.8 Å². The number of hydrogen-bond donors (Lipinski definition) is 1. The third-order valence-corrected chi connectivity index (χ3v) is 4.39. The fourth-order valence-electron chi connectivity index (χ4n) is 1.24. The van der Waals surface area contributed by atoms with Crippen LogP contribution in [0.3, 0.4) is 0 Å². The molecule has 1 rings (SSSR count). The van der Waals surface area contributed by atoms with Crippen molar-refractivity contribution in [1.29, 1.82) is 0 Å². The van der Waals surface area contributed by atoms with Gasteiger partial charge in [0, 0.05) is 30.0 Å². The first-order valence-electron chi connectivity index (χ1n) is 4.74. The van der Waals surface area contributed by atoms with Crippen LogP contribution in [0.2, 0.25) is 0 Å². The molecule has 0 amide bonds. The lowest BCUT2D eigenvalue weighted by atomic mass is 10.5. The van der Waals surface area contributed by atoms with E-state index in [0.717, 1.165) is 0 Å². The normalized spacial score (nSPS) is 12.0. The van der Waals surface area contributed by atoms with Crippen LogP contribution in [0.25, 0.3) is 0 Å². The molecule has 16 heavy (non-hydrogen) atoms. The van der Waals surface area contributed by atoms with E-state index in [2.05, 4.69) is 20.9 Å². The van der Waals surface area contributed by atoms with Crippen LogP contribution >= 0.6 is 15.9 Å². The Balaban J connectivity index is 3.09. The Hall–Kier alpha value is -0.500. The molecule has 0 saturated heterocycles. The van der Waals surface area contributed by atoms with Crippen molar-refractivity contribution in [1.82, 2.24) is 9.29 Å². The molecule has 0 saturated carbocycles. The first-order valence-corrected chi connectivity index (χ1v) is 6.97. The molecule has 0 radical (unpaired) electrons. The summed E-state index contributed by atoms with van der Waals surface area (Å²) in [5.41, 5.74) is 0. The van der Waals surface area contributed by atoms with Gasteiger partial charge in [-0.05, 0) is 22.0 Å². The van der Waals surface area contributed by atoms with E-state index in [9.17, 15) is 8.42 Å². The fraction of sp³-hybridized carbons (Fsp3) is 0.444. The van der Waals surface area contributed by atoms with E-state index in [-0.39, 0.29) is 18.0 Å². The van der Waals surface area contributed by atoms with Crippen LogP contribution in [0.4, 0.5) is 0 Å². The molecule has 0 fully saturated rings. The monoisotopic (exact) mass is 308 g/mol. The maximum Gasteiger partial charge on any atom is 0.244 e. The highest BCUT2D eigenvalue weighted by Crippen LogP contribution is 2.18. The Labute approximate surface area is 103 Å². The molecule has 0 aliphatic rings. The smallest absolute Gasteiger partial charge is 0.244 e. The van der Waals surface area contributed by atoms with Gasteiger partial charge < -0.3 is 5.11 Å². The molecule has 0 bridgehead atoms. The highest BCUT2D eigenvalue weighted by atomic mass is 79.9. The second kappa shape index (κ2) is 5.72. The quantitative estimate of drug-likeness (QED) is 0.875. The fourth-order valence-corrected chi connectivity index (χ4v) is 3.19. The topological polar surface area (TPSA) is 70.5 Å². The summed E-state index contributed by atoms with van der Waals surface area (Å²) < 4.78 is 25.9. The molecule has 0 atom stereocenters. The van der Waals surface area contributed by atoms with Crippen LogP contribution < -0.4 is 0 Å². The third kappa shape index (κ3) is 3.00. The van der Waals surface area contributed by atoms with Crippen molar-refractivity contribution in [3.05, 3.63) is 22.9 Å². The zero-order chi connectivity index (χ0) is 12.2. The predicted octanol–water partition coefficient (Wildman–Crippen LogP) is 0.847. The second-order valence-electron chi connectivity index (χ2n) is 3.06. The average molecular weight is 309 g/mol. The van der Waals surface area contributed by atoms with Gasteiger partial charge >= 0.3 is 0 Å². The van der Waals surface area contributed by atoms with Gasteiger partial charge in [-0.15, -0.1) is 0 Å². The molecule has 0 aromatic carbocycles. The van der Waals surface area contributed by atoms with Crippen molar-refractivity contribution < 1.29 is 13.5 Å². The molecular formula is C9H13BrN2O3S. The molecule has 0 spiro atoms. The first kappa shape index (κ1) is 13.6. The molecule has 1 aromatic rings. The Morgan fingerprint density at radius 1 is 1.50 bits per heavy atom. The number of rotatable bonds is 5. The van der Waals surface area contributed by atoms with E-state index in [4.69, 9.17) is 5.11 Å². The maximum absolute atomic E-state index is 12.1. The minimum Gasteiger partial charge on any atom is -0.395 e. The van der Waals surface area contributed by atoms with Gasteiger partial charge in [0.2, 0.25) is 10.0 Å². The van der Waals surface area contributed by atoms with E-state index in [0.29, 0.717) is 11.0 Å². The lowest BCUT2D eigenvalue weighted by molar-refractivity contribution is 0.257. The zero-order valence-electron chi connectivity index (χ0n) is 8.80. The van der Waals surface area contributed by atoms with Gasteiger partial charge in [0.1, 0.15) is 4.90 Å². The molecule has 1 N–H and O–H groups in total. The number of hydrogen-bond acceptors (Lipinski definition) is 4. The SMILES string of the molecule is CCN(CCO)S(=O)(=O)c1cncc(Br)c1. The average Bonchev–Trinajstić information content (AvgIpc) is 2.25. The molecule has 7 heteroatoms. The Bertz CT molecular complexity index is 450. The summed E-state index contributed by atoms with van der Waals surface area (Å²) in [7, 11) is -3.55. The van der Waals surface area contributed by atoms with Crippen molar-refractivity contribution in [3.63, 3.8) is 0 Å². The van der Waals surface area contributed by atoms with E-state index in [1.54, 1.807) is 6.92 Å². The number of aliphatic hydroxyl groups is 1. The van der Waals surface area contributed by atoms with Crippen LogP contribution in [0.1, 0.15) is 6.92 Å². The summed E-state index contributed by atoms with van der Waals surface area (Å²) in [6, 6.07) is 1.49. The molecular weight excluding hydrogens is 296 g/mol. The van der Waals surface area contributed by atoms with Crippen molar-refractivity contribution in [2.45, 2.75) is 11.8 Å². The lowest BCUT2D eigenvalue weighted by Gasteiger charge is -2.19. The molecule has 5 nitrogen and oxygen atoms in total. The number of likely N-dealkylation sites (N-methyl/N-ethyl adjacent to an activating group) is 1. The summed E-state index contributed by atoms with van der Waals surface area (Å²) in [5.74, 6) is 0. The van der Waals surface area contributed by atoms with Gasteiger partial charge in [-0.2, -0.15) is 4.31 Å². The van der Waals surface area contributed by atoms with Crippen molar-refractivity contribution in [2.24, 2.45) is 0 Å². The van der Waals surface area contributed by atoms with Gasteiger partial charge in [0.05, 0.1) is 6.61 Å². The number of aliphatic hydroxyl groups excluding tert-OH is 1. The van der Waals surface area contributed by atoms with Crippen molar-refractivity contribution in [3.8, 4) is 0 Å². The molecule has 0 aliphatic carbocycles. The van der Waals surface area contributed by atoms with Gasteiger partial charge in [0.25, 0.3) is 0 Å². The van der Waals surface area contributed by atoms with Gasteiger partial charge in [-0.1, -0.05) is 6.92 Å². The van der Waals surface area contributed by atoms with Crippen LogP contribution in [0, 0.1) is 0 Å². The zero-order valence-corrected chi connectivity index (χ0v) is 11.2. The number of sulfonamides is 1. The first-order chi connectivity index (χ1) is 7.52. The summed E-state index contributed by atoms with van der Waals surface area (Å²) >= 11 is 3.17. The lowest BCUT2D eigenvalue weighted by Crippen LogP contribution is -2.33. The highest BCUT2D eigenvalue weighted by Gasteiger charge is 2.22. The Morgan fingerprint density at radius 2 is 2.19 bits per heavy atom. The van der Waals surface area contributed by atoms with Crippen LogP contribution in [-0.2, 0) is 10.0 Å². The minimum absolute atomic E-state index is 0.0886. The predicted molar refractivity (Wildman–Crippen MR) is 63.5 cm³/mol. The number of halogens is 1. The number of aromatic nitrogens is 1. The van der Waals surface area contributed by atoms with Gasteiger partial charge in [-0.3, -0.25) is 4.98 Å². The second-order valence-corrected chi connectivity index (χ2v) is 5.91. The largest absolute Gasteiger partial charge is 0.395 e. The number of nitrogens with zero attached hydrogens (tertiary/aromatic N) is 2. The summed E-state index contributed by atoms with van der Waals surface area (Å²) in [5, 5.41) is 8.80. The molecule has 90 valence electrons. The van der Waals surface area contributed by atoms with Crippen molar-refractivity contribution >= 4 is 26.0 Å².